The van der Waals surface area contributed by atoms with Crippen molar-refractivity contribution in [3.8, 4) is 11.4 Å². The molecule has 90 valence electrons. The zero-order valence-corrected chi connectivity index (χ0v) is 9.89. The van der Waals surface area contributed by atoms with Gasteiger partial charge in [-0.1, -0.05) is 0 Å². The fraction of sp³-hybridized carbons (Fsp3) is 0.100. The third-order valence-electron chi connectivity index (χ3n) is 2.22. The number of sulfonamides is 1. The molecule has 2 rings (SSSR count). The van der Waals surface area contributed by atoms with Gasteiger partial charge in [-0.15, -0.1) is 0 Å². The quantitative estimate of drug-likeness (QED) is 0.864. The molecule has 7 heteroatoms. The maximum absolute atomic E-state index is 11.1. The van der Waals surface area contributed by atoms with E-state index in [1.807, 2.05) is 0 Å². The van der Waals surface area contributed by atoms with Crippen molar-refractivity contribution in [2.75, 3.05) is 7.11 Å². The zero-order valence-electron chi connectivity index (χ0n) is 9.07. The van der Waals surface area contributed by atoms with Crippen LogP contribution in [-0.2, 0) is 10.0 Å². The van der Waals surface area contributed by atoms with E-state index in [9.17, 15) is 8.42 Å². The average Bonchev–Trinajstić information content (AvgIpc) is 2.78. The molecule has 1 aromatic heterocycles. The summed E-state index contributed by atoms with van der Waals surface area (Å²) in [5.74, 6) is 0.715. The van der Waals surface area contributed by atoms with Gasteiger partial charge in [-0.2, -0.15) is 5.10 Å². The second-order valence-electron chi connectivity index (χ2n) is 3.36. The minimum atomic E-state index is -3.71. The first kappa shape index (κ1) is 11.6. The second-order valence-corrected chi connectivity index (χ2v) is 4.93. The Hall–Kier alpha value is -1.86. The minimum absolute atomic E-state index is 0.0201. The standard InChI is InChI=1S/C10H11N3O3S/c1-16-9-4-2-8(3-5-9)13-7-10(6-12-13)17(11,14)15/h2-7H,1H3,(H2,11,14,15). The van der Waals surface area contributed by atoms with Gasteiger partial charge >= 0.3 is 0 Å². The van der Waals surface area contributed by atoms with Crippen molar-refractivity contribution in [3.63, 3.8) is 0 Å². The summed E-state index contributed by atoms with van der Waals surface area (Å²) in [7, 11) is -2.14. The number of methoxy groups -OCH3 is 1. The van der Waals surface area contributed by atoms with Crippen LogP contribution in [0.3, 0.4) is 0 Å². The summed E-state index contributed by atoms with van der Waals surface area (Å²) in [6, 6.07) is 7.04. The van der Waals surface area contributed by atoms with Crippen molar-refractivity contribution in [2.24, 2.45) is 5.14 Å². The van der Waals surface area contributed by atoms with Crippen molar-refractivity contribution >= 4 is 10.0 Å². The number of nitrogens with two attached hydrogens (primary N) is 1. The van der Waals surface area contributed by atoms with Crippen LogP contribution < -0.4 is 9.88 Å². The van der Waals surface area contributed by atoms with E-state index in [4.69, 9.17) is 9.88 Å². The van der Waals surface area contributed by atoms with E-state index in [1.54, 1.807) is 31.4 Å². The fourth-order valence-corrected chi connectivity index (χ4v) is 1.77. The molecule has 6 nitrogen and oxygen atoms in total. The molecule has 0 radical (unpaired) electrons. The third-order valence-corrected chi connectivity index (χ3v) is 3.09. The van der Waals surface area contributed by atoms with Crippen molar-refractivity contribution in [2.45, 2.75) is 4.90 Å². The van der Waals surface area contributed by atoms with Gasteiger partial charge < -0.3 is 4.74 Å². The van der Waals surface area contributed by atoms with E-state index < -0.39 is 10.0 Å². The van der Waals surface area contributed by atoms with Crippen LogP contribution >= 0.6 is 0 Å². The van der Waals surface area contributed by atoms with E-state index in [0.29, 0.717) is 5.75 Å². The molecule has 1 aromatic carbocycles. The lowest BCUT2D eigenvalue weighted by Crippen LogP contribution is -2.11. The molecule has 0 aliphatic rings. The minimum Gasteiger partial charge on any atom is -0.497 e. The lowest BCUT2D eigenvalue weighted by Gasteiger charge is -2.02. The normalized spacial score (nSPS) is 11.4. The Morgan fingerprint density at radius 2 is 1.94 bits per heavy atom. The molecular weight excluding hydrogens is 242 g/mol. The highest BCUT2D eigenvalue weighted by Gasteiger charge is 2.11. The molecule has 0 aliphatic carbocycles. The first-order chi connectivity index (χ1) is 8.00. The van der Waals surface area contributed by atoms with Crippen LogP contribution in [0.5, 0.6) is 5.75 Å². The Kier molecular flexibility index (Phi) is 2.86. The molecule has 2 N–H and O–H groups in total. The zero-order chi connectivity index (χ0) is 12.5. The monoisotopic (exact) mass is 253 g/mol. The molecular formula is C10H11N3O3S. The number of aromatic nitrogens is 2. The van der Waals surface area contributed by atoms with E-state index in [-0.39, 0.29) is 4.90 Å². The predicted octanol–water partition coefficient (Wildman–Crippen LogP) is 0.528. The molecule has 2 aromatic rings. The molecule has 0 bridgehead atoms. The van der Waals surface area contributed by atoms with Gasteiger partial charge in [-0.05, 0) is 24.3 Å². The van der Waals surface area contributed by atoms with Crippen LogP contribution in [0.1, 0.15) is 0 Å². The topological polar surface area (TPSA) is 87.2 Å². The maximum atomic E-state index is 11.1. The summed E-state index contributed by atoms with van der Waals surface area (Å²) in [4.78, 5) is -0.0201. The van der Waals surface area contributed by atoms with Crippen molar-refractivity contribution in [1.82, 2.24) is 9.78 Å². The number of rotatable bonds is 3. The van der Waals surface area contributed by atoms with Crippen LogP contribution in [0.25, 0.3) is 5.69 Å². The highest BCUT2D eigenvalue weighted by Crippen LogP contribution is 2.15. The summed E-state index contributed by atoms with van der Waals surface area (Å²) < 4.78 is 28.6. The van der Waals surface area contributed by atoms with Gasteiger partial charge in [0.25, 0.3) is 0 Å². The molecule has 0 unspecified atom stereocenters. The maximum Gasteiger partial charge on any atom is 0.241 e. The van der Waals surface area contributed by atoms with Crippen molar-refractivity contribution < 1.29 is 13.2 Å². The fourth-order valence-electron chi connectivity index (χ4n) is 1.33. The van der Waals surface area contributed by atoms with Gasteiger partial charge in [-0.25, -0.2) is 18.2 Å². The highest BCUT2D eigenvalue weighted by atomic mass is 32.2. The number of benzene rings is 1. The van der Waals surface area contributed by atoms with Gasteiger partial charge in [0.1, 0.15) is 10.6 Å². The lowest BCUT2D eigenvalue weighted by molar-refractivity contribution is 0.414. The smallest absolute Gasteiger partial charge is 0.241 e. The van der Waals surface area contributed by atoms with Crippen molar-refractivity contribution in [3.05, 3.63) is 36.7 Å². The molecule has 0 aliphatic heterocycles. The Morgan fingerprint density at radius 3 is 2.41 bits per heavy atom. The molecule has 0 fully saturated rings. The van der Waals surface area contributed by atoms with Crippen LogP contribution in [0.2, 0.25) is 0 Å². The van der Waals surface area contributed by atoms with Gasteiger partial charge in [-0.3, -0.25) is 0 Å². The number of nitrogens with zero attached hydrogens (tertiary/aromatic N) is 2. The van der Waals surface area contributed by atoms with Gasteiger partial charge in [0.05, 0.1) is 25.2 Å². The number of primary sulfonamides is 1. The van der Waals surface area contributed by atoms with Crippen LogP contribution in [0.15, 0.2) is 41.6 Å². The van der Waals surface area contributed by atoms with E-state index in [0.717, 1.165) is 5.69 Å². The summed E-state index contributed by atoms with van der Waals surface area (Å²) in [5.41, 5.74) is 0.723. The second kappa shape index (κ2) is 4.19. The first-order valence-corrected chi connectivity index (χ1v) is 6.27. The largest absolute Gasteiger partial charge is 0.497 e. The van der Waals surface area contributed by atoms with Gasteiger partial charge in [0.2, 0.25) is 10.0 Å². The molecule has 0 saturated carbocycles. The number of hydrogen-bond donors (Lipinski definition) is 1. The summed E-state index contributed by atoms with van der Waals surface area (Å²) in [5, 5.41) is 8.92. The Balaban J connectivity index is 2.37. The Morgan fingerprint density at radius 1 is 1.29 bits per heavy atom. The molecule has 0 spiro atoms. The SMILES string of the molecule is COc1ccc(-n2cc(S(N)(=O)=O)cn2)cc1. The first-order valence-electron chi connectivity index (χ1n) is 4.72. The van der Waals surface area contributed by atoms with Crippen molar-refractivity contribution in [1.29, 1.82) is 0 Å². The molecule has 0 saturated heterocycles. The lowest BCUT2D eigenvalue weighted by atomic mass is 10.3. The molecule has 17 heavy (non-hydrogen) atoms. The highest BCUT2D eigenvalue weighted by molar-refractivity contribution is 7.89. The van der Waals surface area contributed by atoms with Crippen LogP contribution in [0, 0.1) is 0 Å². The summed E-state index contributed by atoms with van der Waals surface area (Å²) in [6.45, 7) is 0. The Bertz CT molecular complexity index is 617. The van der Waals surface area contributed by atoms with E-state index in [2.05, 4.69) is 5.10 Å². The predicted molar refractivity (Wildman–Crippen MR) is 61.5 cm³/mol. The summed E-state index contributed by atoms with van der Waals surface area (Å²) >= 11 is 0. The van der Waals surface area contributed by atoms with E-state index in [1.165, 1.54) is 17.1 Å². The average molecular weight is 253 g/mol. The summed E-state index contributed by atoms with van der Waals surface area (Å²) in [6.07, 6.45) is 2.57. The van der Waals surface area contributed by atoms with Crippen LogP contribution in [-0.4, -0.2) is 25.3 Å². The van der Waals surface area contributed by atoms with Gasteiger partial charge in [0.15, 0.2) is 0 Å². The number of hydrogen-bond acceptors (Lipinski definition) is 4. The molecule has 0 amide bonds. The molecule has 1 heterocycles. The van der Waals surface area contributed by atoms with Crippen LogP contribution in [0.4, 0.5) is 0 Å². The number of ether oxygens (including phenoxy) is 1. The van der Waals surface area contributed by atoms with E-state index >= 15 is 0 Å². The third kappa shape index (κ3) is 2.45. The van der Waals surface area contributed by atoms with Gasteiger partial charge in [0, 0.05) is 0 Å². The molecule has 0 atom stereocenters. The Labute approximate surface area is 98.7 Å².